The van der Waals surface area contributed by atoms with Crippen LogP contribution in [-0.4, -0.2) is 5.91 Å². The molecule has 6 heteroatoms. The van der Waals surface area contributed by atoms with Crippen molar-refractivity contribution in [2.45, 2.75) is 6.18 Å². The number of alkyl halides is 3. The van der Waals surface area contributed by atoms with E-state index in [1.54, 1.807) is 0 Å². The number of halogens is 3. The average Bonchev–Trinajstić information content (AvgIpc) is 2.76. The quantitative estimate of drug-likeness (QED) is 0.234. The van der Waals surface area contributed by atoms with E-state index in [1.165, 1.54) is 18.2 Å². The van der Waals surface area contributed by atoms with Gasteiger partial charge >= 0.3 is 6.18 Å². The molecule has 0 aliphatic rings. The number of carbonyl (C=O) groups excluding carboxylic acids is 1. The van der Waals surface area contributed by atoms with Gasteiger partial charge in [-0.25, -0.2) is 0 Å². The number of rotatable bonds is 3. The zero-order valence-corrected chi connectivity index (χ0v) is 16.1. The zero-order chi connectivity index (χ0) is 22.0. The van der Waals surface area contributed by atoms with Crippen molar-refractivity contribution in [3.05, 3.63) is 95.6 Å². The molecule has 31 heavy (non-hydrogen) atoms. The van der Waals surface area contributed by atoms with Gasteiger partial charge in [-0.1, -0.05) is 54.6 Å². The van der Waals surface area contributed by atoms with Crippen LogP contribution in [0.15, 0.2) is 84.4 Å². The Balaban J connectivity index is 1.78. The first-order chi connectivity index (χ1) is 14.9. The Morgan fingerprint density at radius 3 is 2.06 bits per heavy atom. The van der Waals surface area contributed by atoms with Crippen LogP contribution in [0.4, 0.5) is 18.9 Å². The zero-order valence-electron chi connectivity index (χ0n) is 16.1. The Labute approximate surface area is 176 Å². The van der Waals surface area contributed by atoms with Crippen molar-refractivity contribution in [1.29, 1.82) is 5.26 Å². The van der Waals surface area contributed by atoms with Gasteiger partial charge in [0.05, 0.1) is 5.56 Å². The highest BCUT2D eigenvalue weighted by molar-refractivity contribution is 6.14. The van der Waals surface area contributed by atoms with Gasteiger partial charge in [0.15, 0.2) is 0 Å². The van der Waals surface area contributed by atoms with E-state index < -0.39 is 17.6 Å². The molecular formula is C25H15F3N2O. The Morgan fingerprint density at radius 2 is 1.48 bits per heavy atom. The molecule has 4 aromatic carbocycles. The Hall–Kier alpha value is -4.11. The summed E-state index contributed by atoms with van der Waals surface area (Å²) >= 11 is 0. The molecule has 0 bridgehead atoms. The lowest BCUT2D eigenvalue weighted by atomic mass is 9.95. The first-order valence-corrected chi connectivity index (χ1v) is 9.38. The fraction of sp³-hybridized carbons (Fsp3) is 0.0400. The van der Waals surface area contributed by atoms with Crippen LogP contribution in [0.3, 0.4) is 0 Å². The van der Waals surface area contributed by atoms with E-state index in [9.17, 15) is 23.2 Å². The number of carbonyl (C=O) groups is 1. The maximum absolute atomic E-state index is 12.9. The van der Waals surface area contributed by atoms with Crippen molar-refractivity contribution in [2.24, 2.45) is 0 Å². The van der Waals surface area contributed by atoms with Crippen LogP contribution >= 0.6 is 0 Å². The van der Waals surface area contributed by atoms with Gasteiger partial charge < -0.3 is 5.32 Å². The molecule has 0 saturated carbocycles. The summed E-state index contributed by atoms with van der Waals surface area (Å²) in [5.41, 5.74) is -0.431. The topological polar surface area (TPSA) is 52.9 Å². The number of anilines is 1. The molecule has 0 spiro atoms. The van der Waals surface area contributed by atoms with Crippen LogP contribution < -0.4 is 5.32 Å². The van der Waals surface area contributed by atoms with E-state index in [0.29, 0.717) is 5.56 Å². The third-order valence-electron chi connectivity index (χ3n) is 4.91. The number of fused-ring (bicyclic) bond motifs is 2. The maximum atomic E-state index is 12.9. The Morgan fingerprint density at radius 1 is 0.871 bits per heavy atom. The van der Waals surface area contributed by atoms with Crippen molar-refractivity contribution in [3.8, 4) is 6.07 Å². The van der Waals surface area contributed by atoms with Gasteiger partial charge in [-0.2, -0.15) is 18.4 Å². The number of hydrogen-bond acceptors (Lipinski definition) is 2. The summed E-state index contributed by atoms with van der Waals surface area (Å²) in [6.45, 7) is 0. The average molecular weight is 416 g/mol. The first kappa shape index (κ1) is 20.2. The highest BCUT2D eigenvalue weighted by Crippen LogP contribution is 2.32. The van der Waals surface area contributed by atoms with E-state index >= 15 is 0 Å². The van der Waals surface area contributed by atoms with Crippen molar-refractivity contribution in [1.82, 2.24) is 0 Å². The predicted octanol–water partition coefficient (Wildman–Crippen LogP) is 6.56. The SMILES string of the molecule is N#C/C(=C/c1c2ccccc2cc2ccccc12)C(=O)Nc1cccc(C(F)(F)F)c1. The van der Waals surface area contributed by atoms with Crippen molar-refractivity contribution >= 4 is 39.2 Å². The summed E-state index contributed by atoms with van der Waals surface area (Å²) in [6.07, 6.45) is -3.05. The standard InChI is InChI=1S/C25H15F3N2O/c26-25(27,28)19-8-5-9-20(14-19)30-24(31)18(15-29)13-23-21-10-3-1-6-16(21)12-17-7-2-4-11-22(17)23/h1-14H,(H,30,31)/b18-13-. The fourth-order valence-corrected chi connectivity index (χ4v) is 3.47. The minimum Gasteiger partial charge on any atom is -0.321 e. The summed E-state index contributed by atoms with van der Waals surface area (Å²) < 4.78 is 38.8. The molecule has 0 aromatic heterocycles. The molecule has 0 saturated heterocycles. The van der Waals surface area contributed by atoms with Gasteiger partial charge in [0, 0.05) is 5.69 Å². The second kappa shape index (κ2) is 7.96. The minimum absolute atomic E-state index is 0.0382. The fourth-order valence-electron chi connectivity index (χ4n) is 3.47. The van der Waals surface area contributed by atoms with Gasteiger partial charge in [0.25, 0.3) is 5.91 Å². The summed E-state index contributed by atoms with van der Waals surface area (Å²) in [5, 5.41) is 15.6. The van der Waals surface area contributed by atoms with Crippen LogP contribution in [0.1, 0.15) is 11.1 Å². The molecule has 1 amide bonds. The van der Waals surface area contributed by atoms with Gasteiger partial charge in [-0.15, -0.1) is 0 Å². The molecule has 0 radical (unpaired) electrons. The van der Waals surface area contributed by atoms with Crippen LogP contribution in [0, 0.1) is 11.3 Å². The third-order valence-corrected chi connectivity index (χ3v) is 4.91. The Bertz CT molecular complexity index is 1330. The number of hydrogen-bond donors (Lipinski definition) is 1. The molecule has 152 valence electrons. The van der Waals surface area contributed by atoms with Gasteiger partial charge in [0.2, 0.25) is 0 Å². The first-order valence-electron chi connectivity index (χ1n) is 9.38. The number of benzene rings is 4. The lowest BCUT2D eigenvalue weighted by Crippen LogP contribution is -2.14. The van der Waals surface area contributed by atoms with E-state index in [-0.39, 0.29) is 11.3 Å². The van der Waals surface area contributed by atoms with E-state index in [2.05, 4.69) is 5.32 Å². The smallest absolute Gasteiger partial charge is 0.321 e. The van der Waals surface area contributed by atoms with Crippen LogP contribution in [0.2, 0.25) is 0 Å². The highest BCUT2D eigenvalue weighted by Gasteiger charge is 2.30. The van der Waals surface area contributed by atoms with E-state index in [1.807, 2.05) is 60.7 Å². The molecule has 0 heterocycles. The number of amides is 1. The molecule has 0 unspecified atom stereocenters. The summed E-state index contributed by atoms with van der Waals surface area (Å²) in [5.74, 6) is -0.779. The second-order valence-corrected chi connectivity index (χ2v) is 6.94. The van der Waals surface area contributed by atoms with Crippen LogP contribution in [0.25, 0.3) is 27.6 Å². The molecule has 0 fully saturated rings. The lowest BCUT2D eigenvalue weighted by Gasteiger charge is -2.11. The summed E-state index contributed by atoms with van der Waals surface area (Å²) in [4.78, 5) is 12.7. The minimum atomic E-state index is -4.53. The van der Waals surface area contributed by atoms with Crippen LogP contribution in [-0.2, 0) is 11.0 Å². The molecule has 3 nitrogen and oxygen atoms in total. The van der Waals surface area contributed by atoms with Crippen molar-refractivity contribution in [3.63, 3.8) is 0 Å². The number of nitrogens with zero attached hydrogens (tertiary/aromatic N) is 1. The van der Waals surface area contributed by atoms with E-state index in [0.717, 1.165) is 33.7 Å². The highest BCUT2D eigenvalue weighted by atomic mass is 19.4. The summed E-state index contributed by atoms with van der Waals surface area (Å²) in [7, 11) is 0. The van der Waals surface area contributed by atoms with Gasteiger partial charge in [-0.05, 0) is 57.4 Å². The normalized spacial score (nSPS) is 12.0. The molecule has 0 aliphatic heterocycles. The summed E-state index contributed by atoms with van der Waals surface area (Å²) in [6, 6.07) is 23.4. The largest absolute Gasteiger partial charge is 0.416 e. The number of nitriles is 1. The van der Waals surface area contributed by atoms with Gasteiger partial charge in [-0.3, -0.25) is 4.79 Å². The van der Waals surface area contributed by atoms with Crippen LogP contribution in [0.5, 0.6) is 0 Å². The molecule has 0 aliphatic carbocycles. The maximum Gasteiger partial charge on any atom is 0.416 e. The molecular weight excluding hydrogens is 401 g/mol. The van der Waals surface area contributed by atoms with E-state index in [4.69, 9.17) is 0 Å². The predicted molar refractivity (Wildman–Crippen MR) is 115 cm³/mol. The monoisotopic (exact) mass is 416 g/mol. The van der Waals surface area contributed by atoms with Gasteiger partial charge in [0.1, 0.15) is 11.6 Å². The molecule has 4 aromatic rings. The number of nitrogens with one attached hydrogen (secondary N) is 1. The lowest BCUT2D eigenvalue weighted by molar-refractivity contribution is -0.137. The Kier molecular flexibility index (Phi) is 5.18. The second-order valence-electron chi connectivity index (χ2n) is 6.94. The van der Waals surface area contributed by atoms with Crippen molar-refractivity contribution in [2.75, 3.05) is 5.32 Å². The molecule has 4 rings (SSSR count). The molecule has 1 N–H and O–H groups in total. The molecule has 0 atom stereocenters. The van der Waals surface area contributed by atoms with Crippen molar-refractivity contribution < 1.29 is 18.0 Å². The third kappa shape index (κ3) is 4.12.